The third-order valence-corrected chi connectivity index (χ3v) is 5.96. The summed E-state index contributed by atoms with van der Waals surface area (Å²) in [7, 11) is 0. The molecule has 2 aliphatic rings. The van der Waals surface area contributed by atoms with E-state index in [1.54, 1.807) is 6.07 Å². The van der Waals surface area contributed by atoms with Gasteiger partial charge in [-0.25, -0.2) is 4.79 Å². The Hall–Kier alpha value is -1.03. The summed E-state index contributed by atoms with van der Waals surface area (Å²) in [5.41, 5.74) is 1.48. The number of esters is 1. The fraction of sp³-hybridized carbons (Fsp3) is 0.188. The van der Waals surface area contributed by atoms with Crippen molar-refractivity contribution in [2.24, 2.45) is 0 Å². The summed E-state index contributed by atoms with van der Waals surface area (Å²) in [6.07, 6.45) is 0.569. The molecule has 0 fully saturated rings. The van der Waals surface area contributed by atoms with Crippen molar-refractivity contribution in [2.45, 2.75) is 12.0 Å². The second-order valence-electron chi connectivity index (χ2n) is 5.26. The summed E-state index contributed by atoms with van der Waals surface area (Å²) in [5, 5.41) is 10.1. The van der Waals surface area contributed by atoms with Crippen LogP contribution >= 0.6 is 45.2 Å². The molecule has 6 heteroatoms. The first-order chi connectivity index (χ1) is 10.5. The molecule has 0 radical (unpaired) electrons. The zero-order valence-corrected chi connectivity index (χ0v) is 15.5. The summed E-state index contributed by atoms with van der Waals surface area (Å²) in [6, 6.07) is 9.32. The molecule has 1 N–H and O–H groups in total. The van der Waals surface area contributed by atoms with E-state index in [1.807, 2.05) is 24.3 Å². The van der Waals surface area contributed by atoms with Crippen LogP contribution in [-0.2, 0) is 10.3 Å². The molecule has 2 aromatic carbocycles. The van der Waals surface area contributed by atoms with E-state index in [0.717, 1.165) is 11.1 Å². The van der Waals surface area contributed by atoms with Crippen molar-refractivity contribution in [1.82, 2.24) is 0 Å². The van der Waals surface area contributed by atoms with Crippen molar-refractivity contribution in [1.29, 1.82) is 0 Å². The number of carbonyl (C=O) groups excluding carboxylic acids is 1. The summed E-state index contributed by atoms with van der Waals surface area (Å²) in [5.74, 6) is 0.505. The second kappa shape index (κ2) is 4.98. The molecule has 0 saturated heterocycles. The van der Waals surface area contributed by atoms with Crippen LogP contribution in [0.2, 0.25) is 0 Å². The fourth-order valence-electron chi connectivity index (χ4n) is 3.13. The topological polar surface area (TPSA) is 55.8 Å². The first-order valence-corrected chi connectivity index (χ1v) is 8.87. The highest BCUT2D eigenvalue weighted by molar-refractivity contribution is 14.1. The molecule has 0 bridgehead atoms. The molecule has 4 nitrogen and oxygen atoms in total. The van der Waals surface area contributed by atoms with E-state index in [-0.39, 0.29) is 11.7 Å². The van der Waals surface area contributed by atoms with Gasteiger partial charge in [-0.15, -0.1) is 0 Å². The Bertz CT molecular complexity index is 818. The number of rotatable bonds is 0. The maximum absolute atomic E-state index is 12.3. The number of carbonyl (C=O) groups is 1. The van der Waals surface area contributed by atoms with Gasteiger partial charge in [0.25, 0.3) is 0 Å². The molecule has 4 rings (SSSR count). The van der Waals surface area contributed by atoms with Crippen LogP contribution in [0.25, 0.3) is 0 Å². The molecule has 112 valence electrons. The zero-order valence-electron chi connectivity index (χ0n) is 11.2. The lowest BCUT2D eigenvalue weighted by molar-refractivity contribution is -0.00637. The molecule has 1 unspecified atom stereocenters. The Labute approximate surface area is 154 Å². The summed E-state index contributed by atoms with van der Waals surface area (Å²) in [4.78, 5) is 12.3. The molecule has 1 spiro atoms. The van der Waals surface area contributed by atoms with Gasteiger partial charge in [0.2, 0.25) is 0 Å². The van der Waals surface area contributed by atoms with E-state index in [1.165, 1.54) is 0 Å². The second-order valence-corrected chi connectivity index (χ2v) is 7.50. The van der Waals surface area contributed by atoms with Crippen LogP contribution < -0.4 is 4.74 Å². The number of ether oxygens (including phenoxy) is 2. The van der Waals surface area contributed by atoms with E-state index in [2.05, 4.69) is 45.2 Å². The predicted octanol–water partition coefficient (Wildman–Crippen LogP) is 3.80. The first-order valence-electron chi connectivity index (χ1n) is 6.71. The Morgan fingerprint density at radius 1 is 1.18 bits per heavy atom. The fourth-order valence-corrected chi connectivity index (χ4v) is 4.96. The largest absolute Gasteiger partial charge is 0.506 e. The van der Waals surface area contributed by atoms with Crippen LogP contribution in [0.1, 0.15) is 27.9 Å². The van der Waals surface area contributed by atoms with Crippen molar-refractivity contribution in [3.8, 4) is 11.5 Å². The van der Waals surface area contributed by atoms with Crippen LogP contribution in [0.4, 0.5) is 0 Å². The van der Waals surface area contributed by atoms with Crippen LogP contribution in [0.5, 0.6) is 11.5 Å². The van der Waals surface area contributed by atoms with Gasteiger partial charge in [0.05, 0.1) is 19.3 Å². The SMILES string of the molecule is O=C1OC2(CCOc3c2cc(I)c(O)c3I)c2ccccc21. The third-order valence-electron chi connectivity index (χ3n) is 4.13. The standard InChI is InChI=1S/C16H10I2O4/c17-11-7-10-14(12(18)13(11)19)21-6-5-16(10)9-4-2-1-3-8(9)15(20)22-16/h1-4,7,19H,5-6H2. The summed E-state index contributed by atoms with van der Waals surface area (Å²) < 4.78 is 13.0. The van der Waals surface area contributed by atoms with Crippen LogP contribution in [0.15, 0.2) is 30.3 Å². The molecule has 2 heterocycles. The number of hydrogen-bond acceptors (Lipinski definition) is 4. The van der Waals surface area contributed by atoms with Gasteiger partial charge in [-0.3, -0.25) is 0 Å². The average Bonchev–Trinajstić information content (AvgIpc) is 2.80. The lowest BCUT2D eigenvalue weighted by Crippen LogP contribution is -2.34. The highest BCUT2D eigenvalue weighted by atomic mass is 127. The first kappa shape index (κ1) is 14.6. The number of hydrogen-bond donors (Lipinski definition) is 1. The molecular formula is C16H10I2O4. The smallest absolute Gasteiger partial charge is 0.339 e. The van der Waals surface area contributed by atoms with E-state index >= 15 is 0 Å². The van der Waals surface area contributed by atoms with Crippen LogP contribution in [0.3, 0.4) is 0 Å². The van der Waals surface area contributed by atoms with Gasteiger partial charge in [-0.2, -0.15) is 0 Å². The molecule has 2 aromatic rings. The lowest BCUT2D eigenvalue weighted by Gasteiger charge is -2.35. The molecule has 2 aliphatic heterocycles. The van der Waals surface area contributed by atoms with Crippen LogP contribution in [0, 0.1) is 7.14 Å². The van der Waals surface area contributed by atoms with E-state index < -0.39 is 5.60 Å². The van der Waals surface area contributed by atoms with Crippen molar-refractivity contribution in [2.75, 3.05) is 6.61 Å². The van der Waals surface area contributed by atoms with Gasteiger partial charge >= 0.3 is 5.97 Å². The summed E-state index contributed by atoms with van der Waals surface area (Å²) in [6.45, 7) is 0.435. The minimum absolute atomic E-state index is 0.203. The highest BCUT2D eigenvalue weighted by Crippen LogP contribution is 2.52. The third kappa shape index (κ3) is 1.82. The van der Waals surface area contributed by atoms with Crippen molar-refractivity contribution >= 4 is 51.2 Å². The van der Waals surface area contributed by atoms with Gasteiger partial charge in [-0.1, -0.05) is 18.2 Å². The molecule has 1 atom stereocenters. The molecular weight excluding hydrogens is 510 g/mol. The quantitative estimate of drug-likeness (QED) is 0.425. The van der Waals surface area contributed by atoms with Gasteiger partial charge in [0.15, 0.2) is 5.60 Å². The Morgan fingerprint density at radius 3 is 2.77 bits per heavy atom. The van der Waals surface area contributed by atoms with Crippen molar-refractivity contribution in [3.05, 3.63) is 54.2 Å². The predicted molar refractivity (Wildman–Crippen MR) is 96.3 cm³/mol. The Kier molecular flexibility index (Phi) is 3.30. The zero-order chi connectivity index (χ0) is 15.5. The van der Waals surface area contributed by atoms with Crippen molar-refractivity contribution < 1.29 is 19.4 Å². The number of aromatic hydroxyl groups is 1. The molecule has 0 amide bonds. The Balaban J connectivity index is 2.04. The average molecular weight is 520 g/mol. The van der Waals surface area contributed by atoms with E-state index in [9.17, 15) is 9.90 Å². The van der Waals surface area contributed by atoms with Gasteiger partial charge in [0, 0.05) is 17.5 Å². The van der Waals surface area contributed by atoms with E-state index in [0.29, 0.717) is 31.5 Å². The van der Waals surface area contributed by atoms with E-state index in [4.69, 9.17) is 9.47 Å². The molecule has 0 saturated carbocycles. The number of benzene rings is 2. The lowest BCUT2D eigenvalue weighted by atomic mass is 9.81. The Morgan fingerprint density at radius 2 is 1.95 bits per heavy atom. The maximum atomic E-state index is 12.3. The van der Waals surface area contributed by atoms with Gasteiger partial charge < -0.3 is 14.6 Å². The molecule has 0 aliphatic carbocycles. The normalized spacial score (nSPS) is 22.0. The van der Waals surface area contributed by atoms with Gasteiger partial charge in [-0.05, 0) is 57.3 Å². The van der Waals surface area contributed by atoms with Gasteiger partial charge in [0.1, 0.15) is 11.5 Å². The minimum atomic E-state index is -0.811. The highest BCUT2D eigenvalue weighted by Gasteiger charge is 2.50. The van der Waals surface area contributed by atoms with Crippen molar-refractivity contribution in [3.63, 3.8) is 0 Å². The minimum Gasteiger partial charge on any atom is -0.506 e. The number of halogens is 2. The molecule has 0 aromatic heterocycles. The number of phenols is 1. The monoisotopic (exact) mass is 520 g/mol. The summed E-state index contributed by atoms with van der Waals surface area (Å²) >= 11 is 4.15. The maximum Gasteiger partial charge on any atom is 0.339 e. The van der Waals surface area contributed by atoms with Crippen LogP contribution in [-0.4, -0.2) is 17.7 Å². The number of fused-ring (bicyclic) bond motifs is 4. The number of phenolic OH excluding ortho intramolecular Hbond substituents is 1. The molecule has 22 heavy (non-hydrogen) atoms.